The second kappa shape index (κ2) is 5.41. The molecule has 2 aromatic heterocycles. The van der Waals surface area contributed by atoms with Gasteiger partial charge in [0.05, 0.1) is 0 Å². The molecule has 0 amide bonds. The van der Waals surface area contributed by atoms with E-state index < -0.39 is 38.1 Å². The summed E-state index contributed by atoms with van der Waals surface area (Å²) in [7, 11) is 0. The normalized spacial score (nSPS) is 12.1. The van der Waals surface area contributed by atoms with E-state index in [0.717, 1.165) is 0 Å². The third kappa shape index (κ3) is 3.12. The predicted molar refractivity (Wildman–Crippen MR) is 86.2 cm³/mol. The molecule has 0 aliphatic rings. The molecule has 2 heterocycles. The first-order valence-electron chi connectivity index (χ1n) is 5.22. The van der Waals surface area contributed by atoms with Crippen LogP contribution in [0.1, 0.15) is 0 Å². The van der Waals surface area contributed by atoms with Crippen molar-refractivity contribution >= 4 is 76.0 Å². The molecule has 0 spiro atoms. The molecule has 0 N–H and O–H groups in total. The molecule has 1 radical (unpaired) electrons. The van der Waals surface area contributed by atoms with Crippen LogP contribution in [0.5, 0.6) is 0 Å². The van der Waals surface area contributed by atoms with Gasteiger partial charge in [0.25, 0.3) is 0 Å². The quantitative estimate of drug-likeness (QED) is 0.466. The number of fused-ring (bicyclic) bond motifs is 1. The molecule has 0 fully saturated rings. The summed E-state index contributed by atoms with van der Waals surface area (Å²) in [5.74, 6) is 0. The Morgan fingerprint density at radius 3 is 2.00 bits per heavy atom. The van der Waals surface area contributed by atoms with Gasteiger partial charge in [-0.05, 0) is 0 Å². The van der Waals surface area contributed by atoms with E-state index in [1.165, 1.54) is 0 Å². The van der Waals surface area contributed by atoms with Gasteiger partial charge in [0.1, 0.15) is 0 Å². The Morgan fingerprint density at radius 1 is 1.00 bits per heavy atom. The molecule has 4 heteroatoms. The van der Waals surface area contributed by atoms with Gasteiger partial charge in [-0.3, -0.25) is 0 Å². The summed E-state index contributed by atoms with van der Waals surface area (Å²) in [5.41, 5.74) is 0. The minimum absolute atomic E-state index is 0. The van der Waals surface area contributed by atoms with Crippen LogP contribution in [0, 0.1) is 7.43 Å². The summed E-state index contributed by atoms with van der Waals surface area (Å²) in [6, 6.07) is 4.98. The molecule has 0 bridgehead atoms. The maximum absolute atomic E-state index is 2.51. The molecule has 0 aliphatic carbocycles. The van der Waals surface area contributed by atoms with Crippen LogP contribution in [0.25, 0.3) is 9.40 Å². The third-order valence-electron chi connectivity index (χ3n) is 2.44. The zero-order valence-corrected chi connectivity index (χ0v) is 18.3. The van der Waals surface area contributed by atoms with Crippen LogP contribution in [-0.4, -0.2) is 38.1 Å². The molecule has 0 atom stereocenters. The van der Waals surface area contributed by atoms with E-state index in [-0.39, 0.29) is 7.43 Å². The van der Waals surface area contributed by atoms with E-state index in [4.69, 9.17) is 0 Å². The van der Waals surface area contributed by atoms with Crippen molar-refractivity contribution in [3.05, 3.63) is 19.6 Å². The average molecular weight is 466 g/mol. The van der Waals surface area contributed by atoms with Gasteiger partial charge in [-0.2, -0.15) is 0 Å². The molecule has 87 valence electrons. The van der Waals surface area contributed by atoms with Gasteiger partial charge in [0.15, 0.2) is 0 Å². The van der Waals surface area contributed by atoms with Crippen molar-refractivity contribution in [1.29, 1.82) is 0 Å². The fraction of sp³-hybridized carbons (Fsp3) is 0.417. The number of hydrogen-bond acceptors (Lipinski definition) is 2. The second-order valence-electron chi connectivity index (χ2n) is 5.20. The van der Waals surface area contributed by atoms with Gasteiger partial charge in [-0.25, -0.2) is 0 Å². The van der Waals surface area contributed by atoms with Crippen LogP contribution >= 0.6 is 22.7 Å². The summed E-state index contributed by atoms with van der Waals surface area (Å²) in [5, 5.41) is 0. The fourth-order valence-corrected chi connectivity index (χ4v) is 13.6. The maximum atomic E-state index is 2.51. The molecular formula is C12H20S2Sn2+. The van der Waals surface area contributed by atoms with Crippen molar-refractivity contribution in [3.63, 3.8) is 0 Å². The van der Waals surface area contributed by atoms with Crippen LogP contribution in [0.4, 0.5) is 0 Å². The average Bonchev–Trinajstić information content (AvgIpc) is 2.55. The van der Waals surface area contributed by atoms with Crippen molar-refractivity contribution in [2.45, 2.75) is 24.7 Å². The summed E-state index contributed by atoms with van der Waals surface area (Å²) in [4.78, 5) is 12.5. The molecule has 0 saturated carbocycles. The van der Waals surface area contributed by atoms with E-state index in [2.05, 4.69) is 59.5 Å². The van der Waals surface area contributed by atoms with E-state index in [1.54, 1.807) is 15.2 Å². The van der Waals surface area contributed by atoms with E-state index >= 15 is 0 Å². The van der Waals surface area contributed by atoms with Gasteiger partial charge < -0.3 is 0 Å². The summed E-state index contributed by atoms with van der Waals surface area (Å²) in [6.07, 6.45) is 0. The standard InChI is InChI=1S/C6H2S2.6CH3.2Sn/c1-3-7-6-2-4-8-5(1)6;;;;;;;;/h1-2H;6*1H3;;/q;;;;;;+1;;. The minimum atomic E-state index is -1.80. The number of hydrogen-bond donors (Lipinski definition) is 0. The van der Waals surface area contributed by atoms with Gasteiger partial charge in [-0.1, -0.05) is 0 Å². The van der Waals surface area contributed by atoms with Crippen molar-refractivity contribution in [2.75, 3.05) is 0 Å². The zero-order chi connectivity index (χ0) is 11.2. The van der Waals surface area contributed by atoms with Crippen molar-refractivity contribution in [2.24, 2.45) is 0 Å². The van der Waals surface area contributed by atoms with Crippen LogP contribution in [0.15, 0.2) is 12.1 Å². The molecule has 0 nitrogen and oxygen atoms in total. The molecule has 0 aromatic carbocycles. The van der Waals surface area contributed by atoms with E-state index in [9.17, 15) is 0 Å². The van der Waals surface area contributed by atoms with Crippen molar-refractivity contribution in [3.8, 4) is 0 Å². The Kier molecular flexibility index (Phi) is 5.13. The van der Waals surface area contributed by atoms with Crippen LogP contribution in [0.3, 0.4) is 0 Å². The summed E-state index contributed by atoms with van der Waals surface area (Å²) >= 11 is 1.24. The first-order chi connectivity index (χ1) is 6.88. The van der Waals surface area contributed by atoms with E-state index in [1.807, 2.05) is 0 Å². The van der Waals surface area contributed by atoms with Crippen LogP contribution in [0.2, 0.25) is 24.7 Å². The molecule has 0 aliphatic heterocycles. The SMILES string of the molecule is [CH3+].[CH3][Sn]([CH3])[c]1cc2s[c]([Sn]([CH3])([CH3])[CH3])cc2s1. The van der Waals surface area contributed by atoms with E-state index in [0.29, 0.717) is 0 Å². The summed E-state index contributed by atoms with van der Waals surface area (Å²) < 4.78 is 6.60. The predicted octanol–water partition coefficient (Wildman–Crippen LogP) is 3.92. The van der Waals surface area contributed by atoms with Crippen LogP contribution < -0.4 is 5.79 Å². The van der Waals surface area contributed by atoms with Gasteiger partial charge in [-0.15, -0.1) is 0 Å². The van der Waals surface area contributed by atoms with Crippen molar-refractivity contribution < 1.29 is 0 Å². The molecule has 16 heavy (non-hydrogen) atoms. The monoisotopic (exact) mass is 468 g/mol. The molecular weight excluding hydrogens is 446 g/mol. The van der Waals surface area contributed by atoms with Gasteiger partial charge >= 0.3 is 113 Å². The van der Waals surface area contributed by atoms with Crippen molar-refractivity contribution in [1.82, 2.24) is 0 Å². The number of thiophene rings is 2. The Labute approximate surface area is 119 Å². The Balaban J connectivity index is 0.00000128. The number of rotatable bonds is 2. The molecule has 2 rings (SSSR count). The Hall–Kier alpha value is 1.13. The first kappa shape index (κ1) is 15.2. The van der Waals surface area contributed by atoms with Gasteiger partial charge in [0.2, 0.25) is 0 Å². The Bertz CT molecular complexity index is 443. The van der Waals surface area contributed by atoms with Gasteiger partial charge in [0, 0.05) is 7.43 Å². The first-order valence-corrected chi connectivity index (χ1v) is 24.0. The third-order valence-corrected chi connectivity index (χ3v) is 20.8. The fourth-order valence-electron chi connectivity index (χ4n) is 1.45. The molecule has 0 saturated heterocycles. The molecule has 2 aromatic rings. The molecule has 0 unspecified atom stereocenters. The Morgan fingerprint density at radius 2 is 1.56 bits per heavy atom. The van der Waals surface area contributed by atoms with Crippen LogP contribution in [-0.2, 0) is 0 Å². The zero-order valence-electron chi connectivity index (χ0n) is 11.0. The second-order valence-corrected chi connectivity index (χ2v) is 31.1. The summed E-state index contributed by atoms with van der Waals surface area (Å²) in [6.45, 7) is 0. The topological polar surface area (TPSA) is 0 Å².